The third kappa shape index (κ3) is 17.9. The first-order valence-electron chi connectivity index (χ1n) is 37.9. The molecule has 0 saturated carbocycles. The molecule has 20 rings (SSSR count). The zero-order chi connectivity index (χ0) is 77.2. The van der Waals surface area contributed by atoms with E-state index >= 15 is 0 Å². The van der Waals surface area contributed by atoms with Crippen molar-refractivity contribution in [1.82, 2.24) is 53.6 Å². The lowest BCUT2D eigenvalue weighted by Gasteiger charge is -2.10. The summed E-state index contributed by atoms with van der Waals surface area (Å²) in [6.45, 7) is 12.4. The lowest BCUT2D eigenvalue weighted by atomic mass is 10.1. The second-order valence-corrected chi connectivity index (χ2v) is 27.6. The second kappa shape index (κ2) is 35.1. The highest BCUT2D eigenvalue weighted by Gasteiger charge is 2.18. The van der Waals surface area contributed by atoms with Gasteiger partial charge in [0, 0.05) is 67.7 Å². The minimum absolute atomic E-state index is 0.754. The molecule has 0 fully saturated rings. The van der Waals surface area contributed by atoms with Crippen molar-refractivity contribution < 1.29 is 0 Å². The molecule has 0 amide bonds. The quantitative estimate of drug-likeness (QED) is 0.140. The Hall–Kier alpha value is -14.7. The topological polar surface area (TPSA) is 118 Å². The fourth-order valence-corrected chi connectivity index (χ4v) is 13.5. The van der Waals surface area contributed by atoms with E-state index in [0.717, 1.165) is 146 Å². The Bertz CT molecular complexity index is 6390. The summed E-state index contributed by atoms with van der Waals surface area (Å²) in [7, 11) is 0. The van der Waals surface area contributed by atoms with Gasteiger partial charge in [-0.2, -0.15) is 0 Å². The van der Waals surface area contributed by atoms with Crippen molar-refractivity contribution in [3.63, 3.8) is 0 Å². The van der Waals surface area contributed by atoms with Crippen LogP contribution in [0.5, 0.6) is 0 Å². The second-order valence-electron chi connectivity index (χ2n) is 27.6. The number of benzene rings is 14. The van der Waals surface area contributed by atoms with E-state index in [4.69, 9.17) is 24.9 Å². The monoisotopic (exact) mass is 1460 g/mol. The van der Waals surface area contributed by atoms with E-state index in [1.165, 1.54) is 27.6 Å². The van der Waals surface area contributed by atoms with Gasteiger partial charge in [0.05, 0.1) is 66.7 Å². The molecule has 0 saturated heterocycles. The van der Waals surface area contributed by atoms with Gasteiger partial charge in [-0.05, 0) is 157 Å². The van der Waals surface area contributed by atoms with Crippen molar-refractivity contribution in [2.75, 3.05) is 0 Å². The molecule has 0 aliphatic carbocycles. The summed E-state index contributed by atoms with van der Waals surface area (Å²) in [5.74, 6) is 3.69. The molecule has 0 aliphatic rings. The number of rotatable bonds is 9. The molecule has 11 heteroatoms. The summed E-state index contributed by atoms with van der Waals surface area (Å²) in [5.41, 5.74) is 28.3. The van der Waals surface area contributed by atoms with Crippen LogP contribution in [0.1, 0.15) is 33.6 Å². The molecule has 20 aromatic rings. The normalized spacial score (nSPS) is 10.7. The lowest BCUT2D eigenvalue weighted by Crippen LogP contribution is -1.97. The molecule has 11 nitrogen and oxygen atoms in total. The Morgan fingerprint density at radius 1 is 0.204 bits per heavy atom. The molecular weight excluding hydrogens is 1380 g/mol. The smallest absolute Gasteiger partial charge is 0.160 e. The first kappa shape index (κ1) is 73.8. The first-order chi connectivity index (χ1) is 55.5. The van der Waals surface area contributed by atoms with Gasteiger partial charge in [0.2, 0.25) is 0 Å². The van der Waals surface area contributed by atoms with Crippen LogP contribution in [-0.4, -0.2) is 53.6 Å². The van der Waals surface area contributed by atoms with Crippen molar-refractivity contribution in [1.29, 1.82) is 0 Å². The summed E-state index contributed by atoms with van der Waals surface area (Å²) in [6.07, 6.45) is 1.78. The maximum absolute atomic E-state index is 4.86. The summed E-state index contributed by atoms with van der Waals surface area (Å²) in [6, 6.07) is 133. The zero-order valence-electron chi connectivity index (χ0n) is 63.9. The molecule has 0 N–H and O–H groups in total. The minimum Gasteiger partial charge on any atom is -0.292 e. The molecule has 0 atom stereocenters. The molecule has 113 heavy (non-hydrogen) atoms. The molecule has 6 heterocycles. The molecular formula is C102H83N11. The van der Waals surface area contributed by atoms with Crippen molar-refractivity contribution in [2.24, 2.45) is 0 Å². The van der Waals surface area contributed by atoms with Crippen LogP contribution in [0.2, 0.25) is 0 Å². The minimum atomic E-state index is 0.754. The summed E-state index contributed by atoms with van der Waals surface area (Å²) in [5, 5.41) is 1.21. The molecule has 14 aromatic carbocycles. The van der Waals surface area contributed by atoms with Gasteiger partial charge in [0.15, 0.2) is 5.82 Å². The van der Waals surface area contributed by atoms with Gasteiger partial charge in [-0.3, -0.25) is 23.7 Å². The Morgan fingerprint density at radius 3 is 1.04 bits per heavy atom. The van der Waals surface area contributed by atoms with Gasteiger partial charge in [0.1, 0.15) is 17.5 Å². The van der Waals surface area contributed by atoms with Crippen LogP contribution in [0.3, 0.4) is 0 Å². The van der Waals surface area contributed by atoms with E-state index < -0.39 is 0 Å². The lowest BCUT2D eigenvalue weighted by molar-refractivity contribution is 1.10. The molecule has 0 aliphatic heterocycles. The maximum atomic E-state index is 4.86. The number of pyridine rings is 1. The number of para-hydroxylation sites is 11. The standard InChI is InChI=1S/C23H18N2.3C20H16N2.C10H9N.C9H8N2/c1-17-9-8-14-20(15-17)23-24-21(18-10-4-2-5-11-18)16-22(25-23)19-12-6-3-7-13-19;1-15-8-7-9-16(14-15)20-21-18-12-5-6-13-19(18)22(20)17-10-3-2-4-11-17;1-15-11-13-16(14-12-15)20-21-18-9-5-6-10-19(18)22(20)17-7-3-2-4-8-17;1-15-11-13-17(14-12-15)22-19-10-6-5-9-18(19)21-20(22)16-7-3-2-4-8-16;1-8-6-7-9-4-2-3-5-10(9)11-8;1-7-6-10-8-4-2-3-5-9(8)11-7/h2-16H,1H3;3*2-14H,1H3;2-7H,1H3;2-6H,1H3. The van der Waals surface area contributed by atoms with Crippen LogP contribution >= 0.6 is 0 Å². The summed E-state index contributed by atoms with van der Waals surface area (Å²) < 4.78 is 6.67. The number of hydrogen-bond acceptors (Lipinski definition) is 8. The van der Waals surface area contributed by atoms with E-state index in [0.29, 0.717) is 0 Å². The summed E-state index contributed by atoms with van der Waals surface area (Å²) in [4.78, 5) is 37.1. The van der Waals surface area contributed by atoms with Crippen molar-refractivity contribution >= 4 is 55.0 Å². The van der Waals surface area contributed by atoms with E-state index in [9.17, 15) is 0 Å². The number of imidazole rings is 3. The van der Waals surface area contributed by atoms with Gasteiger partial charge in [-0.25, -0.2) is 29.9 Å². The molecule has 0 radical (unpaired) electrons. The SMILES string of the molecule is Cc1ccc(-c2nc3ccccc3n2-c2ccccc2)cc1.Cc1ccc(-n2c(-c3ccccc3)nc3ccccc32)cc1.Cc1ccc2ccccc2n1.Cc1cccc(-c2nc(-c3ccccc3)cc(-c3ccccc3)n2)c1.Cc1cccc(-c2nc3ccccc3n2-c2ccccc2)c1.Cc1cnc2ccccc2n1. The molecule has 0 bridgehead atoms. The van der Waals surface area contributed by atoms with E-state index in [1.54, 1.807) is 6.20 Å². The number of hydrogen-bond donors (Lipinski definition) is 0. The highest BCUT2D eigenvalue weighted by molar-refractivity contribution is 5.86. The Labute approximate surface area is 659 Å². The first-order valence-corrected chi connectivity index (χ1v) is 37.9. The largest absolute Gasteiger partial charge is 0.292 e. The van der Waals surface area contributed by atoms with Gasteiger partial charge < -0.3 is 0 Å². The fraction of sp³-hybridized carbons (Fsp3) is 0.0588. The fourth-order valence-electron chi connectivity index (χ4n) is 13.5. The predicted octanol–water partition coefficient (Wildman–Crippen LogP) is 25.3. The average Bonchev–Trinajstić information content (AvgIpc) is 1.65. The van der Waals surface area contributed by atoms with Crippen molar-refractivity contribution in [3.8, 4) is 85.1 Å². The van der Waals surface area contributed by atoms with Crippen LogP contribution in [0, 0.1) is 41.5 Å². The van der Waals surface area contributed by atoms with E-state index in [1.807, 2.05) is 153 Å². The van der Waals surface area contributed by atoms with Gasteiger partial charge >= 0.3 is 0 Å². The number of nitrogens with zero attached hydrogens (tertiary/aromatic N) is 11. The van der Waals surface area contributed by atoms with Crippen LogP contribution in [-0.2, 0) is 0 Å². The summed E-state index contributed by atoms with van der Waals surface area (Å²) >= 11 is 0. The number of aromatic nitrogens is 11. The third-order valence-electron chi connectivity index (χ3n) is 19.1. The maximum Gasteiger partial charge on any atom is 0.160 e. The highest BCUT2D eigenvalue weighted by atomic mass is 15.1. The predicted molar refractivity (Wildman–Crippen MR) is 468 cm³/mol. The number of fused-ring (bicyclic) bond motifs is 5. The van der Waals surface area contributed by atoms with Gasteiger partial charge in [-0.15, -0.1) is 0 Å². The van der Waals surface area contributed by atoms with Crippen molar-refractivity contribution in [2.45, 2.75) is 41.5 Å². The molecule has 546 valence electrons. The van der Waals surface area contributed by atoms with Gasteiger partial charge in [-0.1, -0.05) is 295 Å². The van der Waals surface area contributed by atoms with E-state index in [-0.39, 0.29) is 0 Å². The Morgan fingerprint density at radius 2 is 0.558 bits per heavy atom. The molecule has 6 aromatic heterocycles. The molecule has 0 unspecified atom stereocenters. The van der Waals surface area contributed by atoms with E-state index in [2.05, 4.69) is 305 Å². The van der Waals surface area contributed by atoms with Crippen LogP contribution < -0.4 is 0 Å². The molecule has 0 spiro atoms. The highest BCUT2D eigenvalue weighted by Crippen LogP contribution is 2.34. The van der Waals surface area contributed by atoms with Crippen LogP contribution in [0.4, 0.5) is 0 Å². The van der Waals surface area contributed by atoms with Crippen LogP contribution in [0.15, 0.2) is 394 Å². The zero-order valence-corrected chi connectivity index (χ0v) is 63.9. The Balaban J connectivity index is 0.000000109. The van der Waals surface area contributed by atoms with Gasteiger partial charge in [0.25, 0.3) is 0 Å². The van der Waals surface area contributed by atoms with Crippen LogP contribution in [0.25, 0.3) is 140 Å². The Kier molecular flexibility index (Phi) is 22.9. The van der Waals surface area contributed by atoms with Crippen molar-refractivity contribution in [3.05, 3.63) is 428 Å². The number of aryl methyl sites for hydroxylation is 6. The average molecular weight is 1460 g/mol. The third-order valence-corrected chi connectivity index (χ3v) is 19.1.